The fraction of sp³-hybridized carbons (Fsp3) is 0.667. The van der Waals surface area contributed by atoms with Crippen LogP contribution in [0.5, 0.6) is 0 Å². The Bertz CT molecular complexity index is 257. The monoisotopic (exact) mass is 225 g/mol. The maximum Gasteiger partial charge on any atom is 0.332 e. The molecule has 0 amide bonds. The molecule has 0 saturated heterocycles. The number of esters is 1. The predicted octanol–water partition coefficient (Wildman–Crippen LogP) is 2.74. The number of isocyanates is 1. The van der Waals surface area contributed by atoms with Gasteiger partial charge >= 0.3 is 5.97 Å². The second kappa shape index (κ2) is 10.1. The zero-order chi connectivity index (χ0) is 12.2. The zero-order valence-electron chi connectivity index (χ0n) is 9.78. The van der Waals surface area contributed by atoms with Crippen molar-refractivity contribution in [2.24, 2.45) is 4.99 Å². The van der Waals surface area contributed by atoms with E-state index in [1.54, 1.807) is 0 Å². The van der Waals surface area contributed by atoms with Crippen LogP contribution in [-0.4, -0.2) is 18.3 Å². The third kappa shape index (κ3) is 7.94. The van der Waals surface area contributed by atoms with Crippen LogP contribution in [0.1, 0.15) is 45.4 Å². The van der Waals surface area contributed by atoms with Crippen LogP contribution in [0.4, 0.5) is 0 Å². The third-order valence-corrected chi connectivity index (χ3v) is 2.17. The first-order valence-corrected chi connectivity index (χ1v) is 5.64. The standard InChI is InChI=1S/C12H19NO3/c1-3-5-6-7-8-9-11(13-10-14)16-12(15)4-2/h4,11H,2-3,5-9H2,1H3. The fourth-order valence-corrected chi connectivity index (χ4v) is 1.31. The molecule has 0 radical (unpaired) electrons. The Kier molecular flexibility index (Phi) is 9.23. The summed E-state index contributed by atoms with van der Waals surface area (Å²) in [5.41, 5.74) is 0. The largest absolute Gasteiger partial charge is 0.436 e. The molecule has 0 aromatic rings. The van der Waals surface area contributed by atoms with Gasteiger partial charge < -0.3 is 4.74 Å². The van der Waals surface area contributed by atoms with Crippen LogP contribution >= 0.6 is 0 Å². The summed E-state index contributed by atoms with van der Waals surface area (Å²) in [5, 5.41) is 0. The van der Waals surface area contributed by atoms with E-state index in [0.717, 1.165) is 25.3 Å². The van der Waals surface area contributed by atoms with Gasteiger partial charge in [-0.25, -0.2) is 9.59 Å². The molecule has 4 nitrogen and oxygen atoms in total. The summed E-state index contributed by atoms with van der Waals surface area (Å²) in [4.78, 5) is 24.4. The van der Waals surface area contributed by atoms with Gasteiger partial charge in [0.05, 0.1) is 0 Å². The van der Waals surface area contributed by atoms with Gasteiger partial charge in [-0.3, -0.25) is 0 Å². The Morgan fingerprint density at radius 3 is 2.69 bits per heavy atom. The van der Waals surface area contributed by atoms with Gasteiger partial charge in [0, 0.05) is 12.5 Å². The van der Waals surface area contributed by atoms with E-state index >= 15 is 0 Å². The number of carbonyl (C=O) groups is 1. The maximum absolute atomic E-state index is 10.9. The zero-order valence-corrected chi connectivity index (χ0v) is 9.78. The Balaban J connectivity index is 3.80. The Morgan fingerprint density at radius 2 is 2.12 bits per heavy atom. The molecule has 0 N–H and O–H groups in total. The fourth-order valence-electron chi connectivity index (χ4n) is 1.31. The molecule has 4 heteroatoms. The Morgan fingerprint density at radius 1 is 1.44 bits per heavy atom. The molecular formula is C12H19NO3. The summed E-state index contributed by atoms with van der Waals surface area (Å²) in [7, 11) is 0. The van der Waals surface area contributed by atoms with Gasteiger partial charge in [0.25, 0.3) is 0 Å². The van der Waals surface area contributed by atoms with E-state index in [-0.39, 0.29) is 0 Å². The highest BCUT2D eigenvalue weighted by Crippen LogP contribution is 2.10. The Hall–Kier alpha value is -1.41. The summed E-state index contributed by atoms with van der Waals surface area (Å²) < 4.78 is 4.86. The lowest BCUT2D eigenvalue weighted by molar-refractivity contribution is -0.142. The lowest BCUT2D eigenvalue weighted by atomic mass is 10.1. The molecule has 0 saturated carbocycles. The molecule has 0 aromatic heterocycles. The first-order chi connectivity index (χ1) is 7.74. The van der Waals surface area contributed by atoms with E-state index in [9.17, 15) is 9.59 Å². The highest BCUT2D eigenvalue weighted by atomic mass is 16.6. The van der Waals surface area contributed by atoms with Crippen molar-refractivity contribution in [3.63, 3.8) is 0 Å². The van der Waals surface area contributed by atoms with E-state index in [4.69, 9.17) is 4.74 Å². The van der Waals surface area contributed by atoms with Crippen LogP contribution in [0.15, 0.2) is 17.6 Å². The van der Waals surface area contributed by atoms with Crippen LogP contribution in [0, 0.1) is 0 Å². The van der Waals surface area contributed by atoms with Crippen molar-refractivity contribution in [3.8, 4) is 0 Å². The maximum atomic E-state index is 10.9. The van der Waals surface area contributed by atoms with E-state index < -0.39 is 12.2 Å². The molecule has 0 aromatic carbocycles. The molecule has 90 valence electrons. The number of nitrogens with zero attached hydrogens (tertiary/aromatic N) is 1. The summed E-state index contributed by atoms with van der Waals surface area (Å²) in [6.45, 7) is 5.42. The van der Waals surface area contributed by atoms with Crippen LogP contribution in [0.25, 0.3) is 0 Å². The van der Waals surface area contributed by atoms with Gasteiger partial charge in [0.1, 0.15) is 0 Å². The molecular weight excluding hydrogens is 206 g/mol. The highest BCUT2D eigenvalue weighted by Gasteiger charge is 2.10. The van der Waals surface area contributed by atoms with E-state index in [0.29, 0.717) is 6.42 Å². The number of rotatable bonds is 9. The van der Waals surface area contributed by atoms with Crippen molar-refractivity contribution in [2.45, 2.75) is 51.7 Å². The van der Waals surface area contributed by atoms with Gasteiger partial charge in [0.15, 0.2) is 0 Å². The van der Waals surface area contributed by atoms with Crippen LogP contribution < -0.4 is 0 Å². The second-order valence-corrected chi connectivity index (χ2v) is 3.52. The molecule has 1 unspecified atom stereocenters. The van der Waals surface area contributed by atoms with Crippen molar-refractivity contribution in [2.75, 3.05) is 0 Å². The molecule has 0 bridgehead atoms. The van der Waals surface area contributed by atoms with Crippen molar-refractivity contribution in [1.82, 2.24) is 0 Å². The molecule has 0 rings (SSSR count). The summed E-state index contributed by atoms with van der Waals surface area (Å²) >= 11 is 0. The number of aliphatic imine (C=N–C) groups is 1. The minimum absolute atomic E-state index is 0.558. The van der Waals surface area contributed by atoms with Gasteiger partial charge in [-0.1, -0.05) is 39.2 Å². The lowest BCUT2D eigenvalue weighted by Crippen LogP contribution is -2.14. The van der Waals surface area contributed by atoms with E-state index in [1.807, 2.05) is 0 Å². The van der Waals surface area contributed by atoms with Gasteiger partial charge in [0.2, 0.25) is 12.3 Å². The van der Waals surface area contributed by atoms with E-state index in [2.05, 4.69) is 18.5 Å². The third-order valence-electron chi connectivity index (χ3n) is 2.17. The second-order valence-electron chi connectivity index (χ2n) is 3.52. The van der Waals surface area contributed by atoms with Crippen LogP contribution in [-0.2, 0) is 14.3 Å². The normalized spacial score (nSPS) is 11.3. The molecule has 0 heterocycles. The average molecular weight is 225 g/mol. The van der Waals surface area contributed by atoms with E-state index in [1.165, 1.54) is 18.9 Å². The van der Waals surface area contributed by atoms with Gasteiger partial charge in [-0.15, -0.1) is 0 Å². The van der Waals surface area contributed by atoms with Crippen molar-refractivity contribution >= 4 is 12.0 Å². The smallest absolute Gasteiger partial charge is 0.332 e. The summed E-state index contributed by atoms with van der Waals surface area (Å²) in [6.07, 6.45) is 7.83. The Labute approximate surface area is 96.4 Å². The number of unbranched alkanes of at least 4 members (excludes halogenated alkanes) is 4. The highest BCUT2D eigenvalue weighted by molar-refractivity contribution is 5.81. The number of carbonyl (C=O) groups excluding carboxylic acids is 2. The number of hydrogen-bond acceptors (Lipinski definition) is 4. The molecule has 0 aliphatic rings. The van der Waals surface area contributed by atoms with Gasteiger partial charge in [-0.05, 0) is 6.42 Å². The number of ether oxygens (including phenoxy) is 1. The first kappa shape index (κ1) is 14.6. The summed E-state index contributed by atoms with van der Waals surface area (Å²) in [6, 6.07) is 0. The van der Waals surface area contributed by atoms with Crippen molar-refractivity contribution < 1.29 is 14.3 Å². The minimum atomic E-state index is -0.704. The van der Waals surface area contributed by atoms with Crippen molar-refractivity contribution in [1.29, 1.82) is 0 Å². The molecule has 0 aliphatic heterocycles. The SMILES string of the molecule is C=CC(=O)OC(CCCCCCC)N=C=O. The van der Waals surface area contributed by atoms with Crippen molar-refractivity contribution in [3.05, 3.63) is 12.7 Å². The molecule has 0 aliphatic carbocycles. The van der Waals surface area contributed by atoms with Crippen LogP contribution in [0.3, 0.4) is 0 Å². The summed E-state index contributed by atoms with van der Waals surface area (Å²) in [5.74, 6) is -0.558. The topological polar surface area (TPSA) is 55.7 Å². The van der Waals surface area contributed by atoms with Gasteiger partial charge in [-0.2, -0.15) is 4.99 Å². The minimum Gasteiger partial charge on any atom is -0.436 e. The predicted molar refractivity (Wildman–Crippen MR) is 61.6 cm³/mol. The molecule has 16 heavy (non-hydrogen) atoms. The van der Waals surface area contributed by atoms with Crippen LogP contribution in [0.2, 0.25) is 0 Å². The first-order valence-electron chi connectivity index (χ1n) is 5.64. The molecule has 1 atom stereocenters. The molecule has 0 spiro atoms. The number of hydrogen-bond donors (Lipinski definition) is 0. The average Bonchev–Trinajstić information content (AvgIpc) is 2.28. The lowest BCUT2D eigenvalue weighted by Gasteiger charge is -2.10. The molecule has 0 fully saturated rings. The quantitative estimate of drug-likeness (QED) is 0.199.